The van der Waals surface area contributed by atoms with Gasteiger partial charge >= 0.3 is 0 Å². The second kappa shape index (κ2) is 9.95. The van der Waals surface area contributed by atoms with E-state index in [2.05, 4.69) is 57.1 Å². The van der Waals surface area contributed by atoms with Crippen molar-refractivity contribution in [3.8, 4) is 11.1 Å². The first-order chi connectivity index (χ1) is 16.9. The third-order valence-corrected chi connectivity index (χ3v) is 6.83. The summed E-state index contributed by atoms with van der Waals surface area (Å²) in [5.74, 6) is -0.108. The van der Waals surface area contributed by atoms with Gasteiger partial charge in [-0.25, -0.2) is 0 Å². The zero-order valence-corrected chi connectivity index (χ0v) is 21.0. The Morgan fingerprint density at radius 1 is 1.09 bits per heavy atom. The van der Waals surface area contributed by atoms with E-state index in [1.807, 2.05) is 30.6 Å². The van der Waals surface area contributed by atoms with Gasteiger partial charge < -0.3 is 19.9 Å². The maximum absolute atomic E-state index is 13.2. The van der Waals surface area contributed by atoms with Crippen molar-refractivity contribution in [1.82, 2.24) is 25.4 Å². The summed E-state index contributed by atoms with van der Waals surface area (Å²) in [5, 5.41) is 11.5. The molecule has 0 bridgehead atoms. The summed E-state index contributed by atoms with van der Waals surface area (Å²) in [6.45, 7) is 13.1. The Kier molecular flexibility index (Phi) is 6.75. The Morgan fingerprint density at radius 3 is 2.60 bits per heavy atom. The maximum atomic E-state index is 13.2. The van der Waals surface area contributed by atoms with Crippen LogP contribution < -0.4 is 10.2 Å². The molecule has 5 rings (SSSR count). The SMILES string of the molecule is CC(C)(C)CN1CCC(NC(=O)c2n[nH]c3ccc(-c4cncc(N5CCOCC5)c4)cc23)CC1. The molecule has 3 aromatic rings. The Hall–Kier alpha value is -2.97. The summed E-state index contributed by atoms with van der Waals surface area (Å²) < 4.78 is 5.48. The number of aromatic nitrogens is 3. The number of nitrogens with one attached hydrogen (secondary N) is 2. The quantitative estimate of drug-likeness (QED) is 0.584. The molecule has 2 aliphatic rings. The number of benzene rings is 1. The highest BCUT2D eigenvalue weighted by atomic mass is 16.5. The van der Waals surface area contributed by atoms with Gasteiger partial charge in [0, 0.05) is 55.9 Å². The molecule has 1 amide bonds. The van der Waals surface area contributed by atoms with Gasteiger partial charge in [-0.15, -0.1) is 0 Å². The summed E-state index contributed by atoms with van der Waals surface area (Å²) in [6.07, 6.45) is 5.71. The van der Waals surface area contributed by atoms with Gasteiger partial charge in [0.25, 0.3) is 5.91 Å². The minimum Gasteiger partial charge on any atom is -0.378 e. The van der Waals surface area contributed by atoms with Gasteiger partial charge in [0.15, 0.2) is 5.69 Å². The molecule has 8 heteroatoms. The van der Waals surface area contributed by atoms with E-state index in [4.69, 9.17) is 4.74 Å². The zero-order chi connectivity index (χ0) is 24.4. The summed E-state index contributed by atoms with van der Waals surface area (Å²) >= 11 is 0. The molecular formula is C27H36N6O2. The highest BCUT2D eigenvalue weighted by Crippen LogP contribution is 2.28. The Labute approximate surface area is 207 Å². The van der Waals surface area contributed by atoms with Crippen molar-refractivity contribution in [2.45, 2.75) is 39.7 Å². The van der Waals surface area contributed by atoms with Crippen molar-refractivity contribution in [2.24, 2.45) is 5.41 Å². The van der Waals surface area contributed by atoms with Gasteiger partial charge in [0.2, 0.25) is 0 Å². The average Bonchev–Trinajstić information content (AvgIpc) is 3.28. The van der Waals surface area contributed by atoms with Crippen LogP contribution in [0.2, 0.25) is 0 Å². The molecule has 0 saturated carbocycles. The van der Waals surface area contributed by atoms with Crippen molar-refractivity contribution in [3.63, 3.8) is 0 Å². The first-order valence-electron chi connectivity index (χ1n) is 12.7. The van der Waals surface area contributed by atoms with Crippen LogP contribution in [-0.4, -0.2) is 78.0 Å². The summed E-state index contributed by atoms with van der Waals surface area (Å²) in [4.78, 5) is 22.4. The lowest BCUT2D eigenvalue weighted by Gasteiger charge is -2.36. The summed E-state index contributed by atoms with van der Waals surface area (Å²) in [6, 6.07) is 8.42. The fourth-order valence-corrected chi connectivity index (χ4v) is 5.11. The number of hydrogen-bond acceptors (Lipinski definition) is 6. The van der Waals surface area contributed by atoms with Gasteiger partial charge in [-0.3, -0.25) is 14.9 Å². The van der Waals surface area contributed by atoms with E-state index < -0.39 is 0 Å². The lowest BCUT2D eigenvalue weighted by molar-refractivity contribution is 0.0892. The van der Waals surface area contributed by atoms with Gasteiger partial charge in [0.05, 0.1) is 30.6 Å². The lowest BCUT2D eigenvalue weighted by atomic mass is 9.94. The molecule has 4 heterocycles. The number of morpholine rings is 1. The van der Waals surface area contributed by atoms with Crippen molar-refractivity contribution < 1.29 is 9.53 Å². The van der Waals surface area contributed by atoms with E-state index in [1.165, 1.54) is 0 Å². The number of ether oxygens (including phenoxy) is 1. The predicted octanol–water partition coefficient (Wildman–Crippen LogP) is 3.70. The number of aromatic amines is 1. The number of hydrogen-bond donors (Lipinski definition) is 2. The third-order valence-electron chi connectivity index (χ3n) is 6.83. The number of carbonyl (C=O) groups is 1. The van der Waals surface area contributed by atoms with Crippen LogP contribution in [0.3, 0.4) is 0 Å². The van der Waals surface area contributed by atoms with E-state index in [9.17, 15) is 4.79 Å². The molecule has 2 N–H and O–H groups in total. The Morgan fingerprint density at radius 2 is 1.86 bits per heavy atom. The van der Waals surface area contributed by atoms with E-state index in [1.54, 1.807) is 0 Å². The number of carbonyl (C=O) groups excluding carboxylic acids is 1. The van der Waals surface area contributed by atoms with Crippen molar-refractivity contribution in [2.75, 3.05) is 50.8 Å². The number of anilines is 1. The van der Waals surface area contributed by atoms with Crippen LogP contribution in [0.25, 0.3) is 22.0 Å². The molecule has 1 aromatic carbocycles. The summed E-state index contributed by atoms with van der Waals surface area (Å²) in [5.41, 5.74) is 4.74. The van der Waals surface area contributed by atoms with Gasteiger partial charge in [-0.2, -0.15) is 5.10 Å². The number of H-pyrrole nitrogens is 1. The van der Waals surface area contributed by atoms with Gasteiger partial charge in [-0.05, 0) is 42.0 Å². The fraction of sp³-hybridized carbons (Fsp3) is 0.519. The second-order valence-corrected chi connectivity index (χ2v) is 10.9. The molecule has 0 radical (unpaired) electrons. The van der Waals surface area contributed by atoms with Crippen molar-refractivity contribution in [1.29, 1.82) is 0 Å². The predicted molar refractivity (Wildman–Crippen MR) is 139 cm³/mol. The molecule has 0 unspecified atom stereocenters. The van der Waals surface area contributed by atoms with Gasteiger partial charge in [-0.1, -0.05) is 26.8 Å². The average molecular weight is 477 g/mol. The summed E-state index contributed by atoms with van der Waals surface area (Å²) in [7, 11) is 0. The molecule has 35 heavy (non-hydrogen) atoms. The van der Waals surface area contributed by atoms with Crippen LogP contribution in [0.5, 0.6) is 0 Å². The monoisotopic (exact) mass is 476 g/mol. The van der Waals surface area contributed by atoms with Gasteiger partial charge in [0.1, 0.15) is 0 Å². The van der Waals surface area contributed by atoms with Crippen molar-refractivity contribution in [3.05, 3.63) is 42.4 Å². The molecule has 0 aliphatic carbocycles. The van der Waals surface area contributed by atoms with E-state index in [0.717, 1.165) is 86.5 Å². The minimum atomic E-state index is -0.108. The Balaban J connectivity index is 1.30. The van der Waals surface area contributed by atoms with E-state index in [0.29, 0.717) is 11.1 Å². The number of rotatable bonds is 5. The fourth-order valence-electron chi connectivity index (χ4n) is 5.11. The molecule has 2 aliphatic heterocycles. The number of piperidine rings is 1. The molecule has 0 atom stereocenters. The molecular weight excluding hydrogens is 440 g/mol. The normalized spacial score (nSPS) is 18.2. The molecule has 2 fully saturated rings. The second-order valence-electron chi connectivity index (χ2n) is 10.9. The molecule has 8 nitrogen and oxygen atoms in total. The molecule has 2 aromatic heterocycles. The topological polar surface area (TPSA) is 86.4 Å². The maximum Gasteiger partial charge on any atom is 0.272 e. The first kappa shape index (κ1) is 23.8. The molecule has 0 spiro atoms. The third kappa shape index (κ3) is 5.65. The minimum absolute atomic E-state index is 0.108. The number of amides is 1. The van der Waals surface area contributed by atoms with Crippen LogP contribution >= 0.6 is 0 Å². The highest BCUT2D eigenvalue weighted by molar-refractivity contribution is 6.05. The number of likely N-dealkylation sites (tertiary alicyclic amines) is 1. The van der Waals surface area contributed by atoms with Crippen LogP contribution in [-0.2, 0) is 4.74 Å². The van der Waals surface area contributed by atoms with E-state index >= 15 is 0 Å². The largest absolute Gasteiger partial charge is 0.378 e. The van der Waals surface area contributed by atoms with Crippen LogP contribution in [0.4, 0.5) is 5.69 Å². The van der Waals surface area contributed by atoms with Crippen LogP contribution in [0.1, 0.15) is 44.1 Å². The molecule has 2 saturated heterocycles. The number of pyridine rings is 1. The number of nitrogens with zero attached hydrogens (tertiary/aromatic N) is 4. The first-order valence-corrected chi connectivity index (χ1v) is 12.7. The molecule has 186 valence electrons. The van der Waals surface area contributed by atoms with Crippen LogP contribution in [0, 0.1) is 5.41 Å². The highest BCUT2D eigenvalue weighted by Gasteiger charge is 2.25. The van der Waals surface area contributed by atoms with E-state index in [-0.39, 0.29) is 11.9 Å². The van der Waals surface area contributed by atoms with Crippen LogP contribution in [0.15, 0.2) is 36.7 Å². The standard InChI is InChI=1S/C27H36N6O2/c1-27(2,3)18-32-8-6-21(7-9-32)29-26(34)25-23-15-19(4-5-24(23)30-31-25)20-14-22(17-28-16-20)33-10-12-35-13-11-33/h4-5,14-17,21H,6-13,18H2,1-3H3,(H,29,34)(H,30,31). The zero-order valence-electron chi connectivity index (χ0n) is 21.0. The van der Waals surface area contributed by atoms with Crippen molar-refractivity contribution >= 4 is 22.5 Å². The smallest absolute Gasteiger partial charge is 0.272 e. The Bertz CT molecular complexity index is 1170. The number of fused-ring (bicyclic) bond motifs is 1. The lowest BCUT2D eigenvalue weighted by Crippen LogP contribution is -2.46.